The molecule has 180 valence electrons. The Morgan fingerprint density at radius 2 is 1.78 bits per heavy atom. The van der Waals surface area contributed by atoms with Crippen molar-refractivity contribution in [2.24, 2.45) is 0 Å². The largest absolute Gasteiger partial charge is 0.497 e. The van der Waals surface area contributed by atoms with E-state index in [0.29, 0.717) is 22.7 Å². The Morgan fingerprint density at radius 3 is 2.56 bits per heavy atom. The predicted molar refractivity (Wildman–Crippen MR) is 142 cm³/mol. The van der Waals surface area contributed by atoms with Gasteiger partial charge in [-0.1, -0.05) is 24.8 Å². The van der Waals surface area contributed by atoms with Crippen molar-refractivity contribution in [3.63, 3.8) is 0 Å². The van der Waals surface area contributed by atoms with Gasteiger partial charge in [-0.2, -0.15) is 5.10 Å². The van der Waals surface area contributed by atoms with Gasteiger partial charge in [0, 0.05) is 35.3 Å². The standard InChI is InChI=1S/C28H26N6O2/c1-17-8-6-7-9-25(17)34-28(32-23-11-10-21(36-5)15-22(23)19(3)35-4)26(18(2)33-34)20-14-24-27(31-16-20)30-13-12-29-24/h6-16,32H,3H2,1-2,4-5H3. The third kappa shape index (κ3) is 4.13. The highest BCUT2D eigenvalue weighted by Crippen LogP contribution is 2.38. The van der Waals surface area contributed by atoms with Gasteiger partial charge in [-0.3, -0.25) is 4.98 Å². The van der Waals surface area contributed by atoms with Gasteiger partial charge in [-0.05, 0) is 49.7 Å². The zero-order chi connectivity index (χ0) is 25.2. The van der Waals surface area contributed by atoms with E-state index in [1.807, 2.05) is 54.1 Å². The van der Waals surface area contributed by atoms with Gasteiger partial charge in [0.1, 0.15) is 22.8 Å². The molecule has 8 heteroatoms. The van der Waals surface area contributed by atoms with Gasteiger partial charge in [-0.25, -0.2) is 14.6 Å². The van der Waals surface area contributed by atoms with Crippen molar-refractivity contribution in [2.75, 3.05) is 19.5 Å². The first-order valence-electron chi connectivity index (χ1n) is 11.4. The molecule has 0 atom stereocenters. The minimum atomic E-state index is 0.513. The minimum Gasteiger partial charge on any atom is -0.497 e. The van der Waals surface area contributed by atoms with Crippen LogP contribution >= 0.6 is 0 Å². The molecule has 0 fully saturated rings. The number of para-hydroxylation sites is 1. The van der Waals surface area contributed by atoms with E-state index in [-0.39, 0.29) is 0 Å². The number of anilines is 2. The lowest BCUT2D eigenvalue weighted by Crippen LogP contribution is -2.06. The third-order valence-electron chi connectivity index (χ3n) is 6.04. The van der Waals surface area contributed by atoms with Crippen LogP contribution in [0, 0.1) is 13.8 Å². The van der Waals surface area contributed by atoms with Crippen molar-refractivity contribution >= 4 is 28.4 Å². The molecule has 0 radical (unpaired) electrons. The number of nitrogens with zero attached hydrogens (tertiary/aromatic N) is 5. The molecule has 8 nitrogen and oxygen atoms in total. The molecule has 0 aliphatic heterocycles. The minimum absolute atomic E-state index is 0.513. The Morgan fingerprint density at radius 1 is 0.972 bits per heavy atom. The average Bonchev–Trinajstić information content (AvgIpc) is 3.23. The van der Waals surface area contributed by atoms with E-state index >= 15 is 0 Å². The molecule has 0 saturated heterocycles. The Kier molecular flexibility index (Phi) is 6.08. The zero-order valence-corrected chi connectivity index (χ0v) is 20.6. The summed E-state index contributed by atoms with van der Waals surface area (Å²) in [4.78, 5) is 13.3. The van der Waals surface area contributed by atoms with Crippen LogP contribution in [0.5, 0.6) is 5.75 Å². The number of hydrogen-bond donors (Lipinski definition) is 1. The van der Waals surface area contributed by atoms with Gasteiger partial charge in [-0.15, -0.1) is 0 Å². The fourth-order valence-corrected chi connectivity index (χ4v) is 4.19. The zero-order valence-electron chi connectivity index (χ0n) is 20.6. The van der Waals surface area contributed by atoms with E-state index in [4.69, 9.17) is 14.6 Å². The van der Waals surface area contributed by atoms with Crippen LogP contribution in [0.1, 0.15) is 16.8 Å². The fourth-order valence-electron chi connectivity index (χ4n) is 4.19. The molecule has 3 heterocycles. The van der Waals surface area contributed by atoms with Gasteiger partial charge < -0.3 is 14.8 Å². The average molecular weight is 479 g/mol. The monoisotopic (exact) mass is 478 g/mol. The molecule has 0 amide bonds. The number of methoxy groups -OCH3 is 2. The molecule has 5 rings (SSSR count). The van der Waals surface area contributed by atoms with Crippen LogP contribution in [0.3, 0.4) is 0 Å². The number of pyridine rings is 1. The lowest BCUT2D eigenvalue weighted by Gasteiger charge is -2.18. The van der Waals surface area contributed by atoms with E-state index in [9.17, 15) is 0 Å². The lowest BCUT2D eigenvalue weighted by molar-refractivity contribution is 0.370. The van der Waals surface area contributed by atoms with Crippen LogP contribution in [-0.2, 0) is 4.74 Å². The molecule has 0 spiro atoms. The van der Waals surface area contributed by atoms with Gasteiger partial charge in [0.25, 0.3) is 0 Å². The molecule has 0 saturated carbocycles. The Balaban J connectivity index is 1.74. The first kappa shape index (κ1) is 23.0. The number of aryl methyl sites for hydroxylation is 2. The molecular weight excluding hydrogens is 452 g/mol. The highest BCUT2D eigenvalue weighted by Gasteiger charge is 2.22. The second kappa shape index (κ2) is 9.50. The summed E-state index contributed by atoms with van der Waals surface area (Å²) in [6.07, 6.45) is 5.10. The van der Waals surface area contributed by atoms with Crippen LogP contribution in [0.2, 0.25) is 0 Å². The molecule has 0 unspecified atom stereocenters. The number of ether oxygens (including phenoxy) is 2. The normalized spacial score (nSPS) is 10.9. The van der Waals surface area contributed by atoms with Crippen LogP contribution in [-0.4, -0.2) is 39.0 Å². The van der Waals surface area contributed by atoms with Gasteiger partial charge in [0.05, 0.1) is 31.3 Å². The highest BCUT2D eigenvalue weighted by atomic mass is 16.5. The smallest absolute Gasteiger partial charge is 0.178 e. The van der Waals surface area contributed by atoms with Crippen molar-refractivity contribution in [3.05, 3.63) is 90.5 Å². The first-order chi connectivity index (χ1) is 17.5. The summed E-state index contributed by atoms with van der Waals surface area (Å²) in [5.74, 6) is 2.00. The van der Waals surface area contributed by atoms with Crippen molar-refractivity contribution in [3.8, 4) is 22.6 Å². The number of fused-ring (bicyclic) bond motifs is 1. The maximum absolute atomic E-state index is 5.48. The summed E-state index contributed by atoms with van der Waals surface area (Å²) >= 11 is 0. The number of nitrogens with one attached hydrogen (secondary N) is 1. The number of aromatic nitrogens is 5. The SMILES string of the molecule is C=C(OC)c1cc(OC)ccc1Nc1c(-c2cnc3nccnc3c2)c(C)nn1-c1ccccc1C. The molecule has 0 bridgehead atoms. The summed E-state index contributed by atoms with van der Waals surface area (Å²) in [6.45, 7) is 8.12. The molecule has 3 aromatic heterocycles. The fraction of sp³-hybridized carbons (Fsp3) is 0.143. The van der Waals surface area contributed by atoms with E-state index in [0.717, 1.165) is 45.1 Å². The van der Waals surface area contributed by atoms with Gasteiger partial charge >= 0.3 is 0 Å². The lowest BCUT2D eigenvalue weighted by atomic mass is 10.1. The third-order valence-corrected chi connectivity index (χ3v) is 6.04. The molecule has 1 N–H and O–H groups in total. The molecule has 2 aromatic carbocycles. The molecule has 0 aliphatic carbocycles. The van der Waals surface area contributed by atoms with Crippen LogP contribution in [0.4, 0.5) is 11.5 Å². The van der Waals surface area contributed by atoms with Crippen molar-refractivity contribution in [2.45, 2.75) is 13.8 Å². The Hall–Kier alpha value is -4.72. The van der Waals surface area contributed by atoms with Crippen LogP contribution in [0.25, 0.3) is 33.7 Å². The van der Waals surface area contributed by atoms with E-state index in [1.165, 1.54) is 0 Å². The summed E-state index contributed by atoms with van der Waals surface area (Å²) in [7, 11) is 3.23. The molecular formula is C28H26N6O2. The quantitative estimate of drug-likeness (QED) is 0.293. The summed E-state index contributed by atoms with van der Waals surface area (Å²) < 4.78 is 12.8. The van der Waals surface area contributed by atoms with E-state index < -0.39 is 0 Å². The Labute approximate surface area is 209 Å². The van der Waals surface area contributed by atoms with E-state index in [1.54, 1.807) is 32.8 Å². The predicted octanol–water partition coefficient (Wildman–Crippen LogP) is 5.86. The number of hydrogen-bond acceptors (Lipinski definition) is 7. The van der Waals surface area contributed by atoms with E-state index in [2.05, 4.69) is 39.8 Å². The Bertz CT molecular complexity index is 1590. The second-order valence-corrected chi connectivity index (χ2v) is 8.29. The summed E-state index contributed by atoms with van der Waals surface area (Å²) in [5.41, 5.74) is 7.55. The maximum Gasteiger partial charge on any atom is 0.178 e. The summed E-state index contributed by atoms with van der Waals surface area (Å²) in [6, 6.07) is 15.8. The first-order valence-corrected chi connectivity index (χ1v) is 11.4. The maximum atomic E-state index is 5.48. The van der Waals surface area contributed by atoms with Crippen LogP contribution < -0.4 is 10.1 Å². The highest BCUT2D eigenvalue weighted by molar-refractivity contribution is 5.87. The second-order valence-electron chi connectivity index (χ2n) is 8.29. The summed E-state index contributed by atoms with van der Waals surface area (Å²) in [5, 5.41) is 8.54. The number of benzene rings is 2. The molecule has 5 aromatic rings. The van der Waals surface area contributed by atoms with Crippen molar-refractivity contribution < 1.29 is 9.47 Å². The van der Waals surface area contributed by atoms with Crippen LogP contribution in [0.15, 0.2) is 73.7 Å². The molecule has 36 heavy (non-hydrogen) atoms. The topological polar surface area (TPSA) is 87.0 Å². The van der Waals surface area contributed by atoms with Gasteiger partial charge in [0.2, 0.25) is 0 Å². The van der Waals surface area contributed by atoms with Crippen molar-refractivity contribution in [1.82, 2.24) is 24.7 Å². The van der Waals surface area contributed by atoms with Gasteiger partial charge in [0.15, 0.2) is 5.65 Å². The van der Waals surface area contributed by atoms with Crippen molar-refractivity contribution in [1.29, 1.82) is 0 Å². The number of rotatable bonds is 7. The molecule has 0 aliphatic rings.